The minimum Gasteiger partial charge on any atom is -0.480 e. The highest BCUT2D eigenvalue weighted by molar-refractivity contribution is 6.31. The van der Waals surface area contributed by atoms with Crippen molar-refractivity contribution in [3.05, 3.63) is 65.1 Å². The van der Waals surface area contributed by atoms with Crippen LogP contribution in [-0.4, -0.2) is 33.0 Å². The molecule has 3 aromatic rings. The van der Waals surface area contributed by atoms with Gasteiger partial charge in [0.2, 0.25) is 0 Å². The SMILES string of the molecule is O=C(NC(Cc1ccncc1)C(=O)O)c1cc2cc(Cl)ccc2[nH]1. The van der Waals surface area contributed by atoms with Gasteiger partial charge in [-0.05, 0) is 42.0 Å². The molecule has 2 heterocycles. The lowest BCUT2D eigenvalue weighted by atomic mass is 10.1. The number of aliphatic carboxylic acids is 1. The van der Waals surface area contributed by atoms with E-state index in [1.165, 1.54) is 0 Å². The molecule has 1 unspecified atom stereocenters. The van der Waals surface area contributed by atoms with Crippen molar-refractivity contribution in [2.45, 2.75) is 12.5 Å². The van der Waals surface area contributed by atoms with E-state index in [0.29, 0.717) is 5.02 Å². The number of nitrogens with zero attached hydrogens (tertiary/aromatic N) is 1. The Labute approximate surface area is 142 Å². The number of aromatic nitrogens is 2. The van der Waals surface area contributed by atoms with E-state index in [0.717, 1.165) is 16.5 Å². The summed E-state index contributed by atoms with van der Waals surface area (Å²) in [6.45, 7) is 0. The van der Waals surface area contributed by atoms with Gasteiger partial charge in [-0.2, -0.15) is 0 Å². The number of H-pyrrole nitrogens is 1. The molecule has 0 fully saturated rings. The molecule has 0 aliphatic carbocycles. The van der Waals surface area contributed by atoms with Crippen LogP contribution < -0.4 is 5.32 Å². The number of halogens is 1. The van der Waals surface area contributed by atoms with E-state index in [1.807, 2.05) is 0 Å². The Kier molecular flexibility index (Phi) is 4.48. The Balaban J connectivity index is 1.78. The van der Waals surface area contributed by atoms with Crippen molar-refractivity contribution in [2.24, 2.45) is 0 Å². The molecule has 0 radical (unpaired) electrons. The van der Waals surface area contributed by atoms with E-state index in [4.69, 9.17) is 11.6 Å². The first-order valence-corrected chi connectivity index (χ1v) is 7.61. The van der Waals surface area contributed by atoms with Crippen molar-refractivity contribution in [3.63, 3.8) is 0 Å². The highest BCUT2D eigenvalue weighted by atomic mass is 35.5. The Hall–Kier alpha value is -2.86. The van der Waals surface area contributed by atoms with Crippen LogP contribution in [0, 0.1) is 0 Å². The van der Waals surface area contributed by atoms with Crippen LogP contribution in [0.5, 0.6) is 0 Å². The van der Waals surface area contributed by atoms with Crippen LogP contribution in [0.2, 0.25) is 5.02 Å². The standard InChI is InChI=1S/C17H14ClN3O3/c18-12-1-2-13-11(8-12)9-14(20-13)16(22)21-15(17(23)24)7-10-3-5-19-6-4-10/h1-6,8-9,15,20H,7H2,(H,21,22)(H,23,24). The summed E-state index contributed by atoms with van der Waals surface area (Å²) in [6, 6.07) is 9.25. The number of fused-ring (bicyclic) bond motifs is 1. The van der Waals surface area contributed by atoms with Gasteiger partial charge in [-0.15, -0.1) is 0 Å². The summed E-state index contributed by atoms with van der Waals surface area (Å²) in [5, 5.41) is 13.2. The van der Waals surface area contributed by atoms with Crippen molar-refractivity contribution in [1.29, 1.82) is 0 Å². The van der Waals surface area contributed by atoms with Crippen molar-refractivity contribution >= 4 is 34.4 Å². The van der Waals surface area contributed by atoms with Crippen LogP contribution in [0.3, 0.4) is 0 Å². The number of hydrogen-bond acceptors (Lipinski definition) is 3. The third-order valence-electron chi connectivity index (χ3n) is 3.62. The van der Waals surface area contributed by atoms with Crippen LogP contribution in [0.1, 0.15) is 16.1 Å². The number of nitrogens with one attached hydrogen (secondary N) is 2. The summed E-state index contributed by atoms with van der Waals surface area (Å²) in [7, 11) is 0. The average Bonchev–Trinajstić information content (AvgIpc) is 2.98. The monoisotopic (exact) mass is 343 g/mol. The fraction of sp³-hybridized carbons (Fsp3) is 0.118. The Morgan fingerprint density at radius 2 is 1.96 bits per heavy atom. The smallest absolute Gasteiger partial charge is 0.326 e. The van der Waals surface area contributed by atoms with Gasteiger partial charge < -0.3 is 15.4 Å². The number of carboxylic acids is 1. The van der Waals surface area contributed by atoms with Crippen LogP contribution in [0.4, 0.5) is 0 Å². The van der Waals surface area contributed by atoms with Gasteiger partial charge in [0.25, 0.3) is 5.91 Å². The molecular weight excluding hydrogens is 330 g/mol. The van der Waals surface area contributed by atoms with E-state index in [-0.39, 0.29) is 12.1 Å². The van der Waals surface area contributed by atoms with Gasteiger partial charge in [-0.1, -0.05) is 11.6 Å². The zero-order valence-corrected chi connectivity index (χ0v) is 13.2. The third kappa shape index (κ3) is 3.55. The molecule has 1 atom stereocenters. The Morgan fingerprint density at radius 1 is 1.21 bits per heavy atom. The molecular formula is C17H14ClN3O3. The molecule has 122 valence electrons. The van der Waals surface area contributed by atoms with Gasteiger partial charge in [-0.25, -0.2) is 4.79 Å². The fourth-order valence-corrected chi connectivity index (χ4v) is 2.60. The third-order valence-corrected chi connectivity index (χ3v) is 3.86. The minimum absolute atomic E-state index is 0.176. The number of pyridine rings is 1. The topological polar surface area (TPSA) is 95.1 Å². The van der Waals surface area contributed by atoms with Gasteiger partial charge in [0, 0.05) is 34.7 Å². The van der Waals surface area contributed by atoms with Gasteiger partial charge in [-0.3, -0.25) is 9.78 Å². The zero-order valence-electron chi connectivity index (χ0n) is 12.5. The van der Waals surface area contributed by atoms with Crippen molar-refractivity contribution in [3.8, 4) is 0 Å². The molecule has 2 aromatic heterocycles. The average molecular weight is 344 g/mol. The molecule has 0 bridgehead atoms. The van der Waals surface area contributed by atoms with Crippen LogP contribution in [-0.2, 0) is 11.2 Å². The number of carbonyl (C=O) groups excluding carboxylic acids is 1. The van der Waals surface area contributed by atoms with Gasteiger partial charge in [0.1, 0.15) is 11.7 Å². The summed E-state index contributed by atoms with van der Waals surface area (Å²) < 4.78 is 0. The summed E-state index contributed by atoms with van der Waals surface area (Å²) >= 11 is 5.93. The normalized spacial score (nSPS) is 12.0. The number of benzene rings is 1. The van der Waals surface area contributed by atoms with Crippen LogP contribution >= 0.6 is 11.6 Å². The lowest BCUT2D eigenvalue weighted by Gasteiger charge is -2.14. The maximum Gasteiger partial charge on any atom is 0.326 e. The molecule has 0 saturated carbocycles. The molecule has 7 heteroatoms. The first-order chi connectivity index (χ1) is 11.5. The summed E-state index contributed by atoms with van der Waals surface area (Å²) in [6.07, 6.45) is 3.34. The largest absolute Gasteiger partial charge is 0.480 e. The van der Waals surface area contributed by atoms with E-state index in [2.05, 4.69) is 15.3 Å². The number of aromatic amines is 1. The van der Waals surface area contributed by atoms with E-state index >= 15 is 0 Å². The highest BCUT2D eigenvalue weighted by Crippen LogP contribution is 2.20. The zero-order chi connectivity index (χ0) is 17.1. The molecule has 24 heavy (non-hydrogen) atoms. The minimum atomic E-state index is -1.10. The first kappa shape index (κ1) is 16.0. The quantitative estimate of drug-likeness (QED) is 0.663. The lowest BCUT2D eigenvalue weighted by Crippen LogP contribution is -2.42. The number of amides is 1. The number of hydrogen-bond donors (Lipinski definition) is 3. The first-order valence-electron chi connectivity index (χ1n) is 7.24. The highest BCUT2D eigenvalue weighted by Gasteiger charge is 2.22. The van der Waals surface area contributed by atoms with Crippen LogP contribution in [0.25, 0.3) is 10.9 Å². The Bertz CT molecular complexity index is 892. The molecule has 3 N–H and O–H groups in total. The summed E-state index contributed by atoms with van der Waals surface area (Å²) in [4.78, 5) is 30.6. The molecule has 0 saturated heterocycles. The second kappa shape index (κ2) is 6.72. The van der Waals surface area contributed by atoms with Crippen molar-refractivity contribution in [1.82, 2.24) is 15.3 Å². The number of carboxylic acid groups (broad SMARTS) is 1. The number of rotatable bonds is 5. The van der Waals surface area contributed by atoms with Gasteiger partial charge in [0.05, 0.1) is 0 Å². The predicted octanol–water partition coefficient (Wildman–Crippen LogP) is 2.64. The Morgan fingerprint density at radius 3 is 2.67 bits per heavy atom. The van der Waals surface area contributed by atoms with Crippen LogP contribution in [0.15, 0.2) is 48.8 Å². The molecule has 0 aliphatic heterocycles. The van der Waals surface area contributed by atoms with E-state index in [1.54, 1.807) is 48.8 Å². The number of carbonyl (C=O) groups is 2. The molecule has 1 aromatic carbocycles. The van der Waals surface area contributed by atoms with Gasteiger partial charge in [0.15, 0.2) is 0 Å². The molecule has 0 spiro atoms. The second-order valence-electron chi connectivity index (χ2n) is 5.34. The molecule has 6 nitrogen and oxygen atoms in total. The second-order valence-corrected chi connectivity index (χ2v) is 5.77. The maximum atomic E-state index is 12.4. The fourth-order valence-electron chi connectivity index (χ4n) is 2.42. The summed E-state index contributed by atoms with van der Waals surface area (Å²) in [5.74, 6) is -1.58. The molecule has 1 amide bonds. The molecule has 3 rings (SSSR count). The predicted molar refractivity (Wildman–Crippen MR) is 90.1 cm³/mol. The summed E-state index contributed by atoms with van der Waals surface area (Å²) in [5.41, 5.74) is 1.82. The van der Waals surface area contributed by atoms with E-state index in [9.17, 15) is 14.7 Å². The van der Waals surface area contributed by atoms with Crippen molar-refractivity contribution < 1.29 is 14.7 Å². The van der Waals surface area contributed by atoms with Gasteiger partial charge >= 0.3 is 5.97 Å². The lowest BCUT2D eigenvalue weighted by molar-refractivity contribution is -0.139. The van der Waals surface area contributed by atoms with E-state index < -0.39 is 17.9 Å². The maximum absolute atomic E-state index is 12.4. The van der Waals surface area contributed by atoms with Crippen molar-refractivity contribution in [2.75, 3.05) is 0 Å². The molecule has 0 aliphatic rings.